The number of nitrogens with one attached hydrogen (secondary N) is 2. The largest absolute Gasteiger partial charge is 0.382 e. The molecule has 0 aliphatic carbocycles. The number of rotatable bonds is 9. The minimum Gasteiger partial charge on any atom is -0.382 e. The van der Waals surface area contributed by atoms with Crippen LogP contribution in [0.3, 0.4) is 0 Å². The number of halogens is 2. The summed E-state index contributed by atoms with van der Waals surface area (Å²) in [5, 5.41) is 20.4. The highest BCUT2D eigenvalue weighted by Gasteiger charge is 2.16. The highest BCUT2D eigenvalue weighted by atomic mass is 127. The number of aliphatic imine (C=N–C) groups is 1. The lowest BCUT2D eigenvalue weighted by atomic mass is 10.1. The monoisotopic (exact) mass is 531 g/mol. The number of thioether (sulfide) groups is 1. The van der Waals surface area contributed by atoms with E-state index < -0.39 is 0 Å². The van der Waals surface area contributed by atoms with Crippen LogP contribution in [0.25, 0.3) is 5.69 Å². The van der Waals surface area contributed by atoms with Crippen molar-refractivity contribution >= 4 is 47.5 Å². The summed E-state index contributed by atoms with van der Waals surface area (Å²) in [6, 6.07) is 7.96. The van der Waals surface area contributed by atoms with Crippen LogP contribution in [0.4, 0.5) is 10.2 Å². The number of nitrogen functional groups attached to an aromatic ring is 1. The number of aromatic nitrogens is 2. The summed E-state index contributed by atoms with van der Waals surface area (Å²) in [4.78, 5) is 4.55. The molecular weight excluding hydrogens is 504 g/mol. The maximum atomic E-state index is 13.1. The molecule has 2 rings (SSSR count). The Labute approximate surface area is 192 Å². The van der Waals surface area contributed by atoms with E-state index in [2.05, 4.69) is 33.0 Å². The van der Waals surface area contributed by atoms with Crippen LogP contribution in [0, 0.1) is 17.1 Å². The van der Waals surface area contributed by atoms with Gasteiger partial charge in [0.2, 0.25) is 0 Å². The molecule has 0 atom stereocenters. The lowest BCUT2D eigenvalue weighted by Gasteiger charge is -2.10. The minimum atomic E-state index is -0.337. The molecule has 0 radical (unpaired) electrons. The van der Waals surface area contributed by atoms with Crippen LogP contribution in [0.1, 0.15) is 24.6 Å². The Bertz CT molecular complexity index is 830. The molecule has 0 aliphatic heterocycles. The molecule has 0 saturated heterocycles. The van der Waals surface area contributed by atoms with E-state index in [1.54, 1.807) is 23.9 Å². The molecule has 0 spiro atoms. The summed E-state index contributed by atoms with van der Waals surface area (Å²) in [7, 11) is 0. The van der Waals surface area contributed by atoms with E-state index in [-0.39, 0.29) is 35.6 Å². The van der Waals surface area contributed by atoms with Crippen LogP contribution >= 0.6 is 35.7 Å². The molecule has 29 heavy (non-hydrogen) atoms. The lowest BCUT2D eigenvalue weighted by Crippen LogP contribution is -2.38. The van der Waals surface area contributed by atoms with Crippen molar-refractivity contribution in [2.45, 2.75) is 19.8 Å². The zero-order valence-electron chi connectivity index (χ0n) is 16.6. The number of anilines is 1. The molecule has 0 saturated carbocycles. The van der Waals surface area contributed by atoms with Crippen molar-refractivity contribution < 1.29 is 4.39 Å². The molecule has 1 heterocycles. The van der Waals surface area contributed by atoms with Crippen LogP contribution in [0.5, 0.6) is 0 Å². The normalized spacial score (nSPS) is 10.9. The molecule has 158 valence electrons. The van der Waals surface area contributed by atoms with Gasteiger partial charge in [0.25, 0.3) is 0 Å². The van der Waals surface area contributed by atoms with Crippen molar-refractivity contribution in [2.24, 2.45) is 4.99 Å². The zero-order valence-corrected chi connectivity index (χ0v) is 19.8. The third-order valence-electron chi connectivity index (χ3n) is 3.96. The van der Waals surface area contributed by atoms with Crippen molar-refractivity contribution in [3.63, 3.8) is 0 Å². The zero-order chi connectivity index (χ0) is 20.4. The van der Waals surface area contributed by atoms with Crippen LogP contribution < -0.4 is 16.4 Å². The van der Waals surface area contributed by atoms with Crippen molar-refractivity contribution in [1.29, 1.82) is 5.26 Å². The topological polar surface area (TPSA) is 104 Å². The molecule has 0 amide bonds. The van der Waals surface area contributed by atoms with Gasteiger partial charge in [-0.05, 0) is 50.3 Å². The van der Waals surface area contributed by atoms with Crippen LogP contribution in [-0.2, 0) is 6.42 Å². The predicted octanol–water partition coefficient (Wildman–Crippen LogP) is 2.93. The maximum Gasteiger partial charge on any atom is 0.191 e. The molecule has 0 aliphatic rings. The van der Waals surface area contributed by atoms with E-state index in [0.717, 1.165) is 31.2 Å². The first-order valence-corrected chi connectivity index (χ1v) is 10.5. The molecule has 2 aromatic rings. The lowest BCUT2D eigenvalue weighted by molar-refractivity contribution is 0.627. The Morgan fingerprint density at radius 1 is 1.34 bits per heavy atom. The van der Waals surface area contributed by atoms with E-state index in [1.165, 1.54) is 16.8 Å². The van der Waals surface area contributed by atoms with Crippen molar-refractivity contribution in [1.82, 2.24) is 20.4 Å². The van der Waals surface area contributed by atoms with E-state index in [0.29, 0.717) is 29.9 Å². The number of guanidine groups is 1. The third-order valence-corrected chi connectivity index (χ3v) is 4.57. The Morgan fingerprint density at radius 3 is 2.69 bits per heavy atom. The first-order valence-electron chi connectivity index (χ1n) is 9.15. The molecule has 0 unspecified atom stereocenters. The van der Waals surface area contributed by atoms with Gasteiger partial charge in [-0.15, -0.1) is 24.0 Å². The van der Waals surface area contributed by atoms with Gasteiger partial charge in [-0.2, -0.15) is 22.1 Å². The summed E-state index contributed by atoms with van der Waals surface area (Å²) < 4.78 is 14.6. The number of hydrogen-bond acceptors (Lipinski definition) is 5. The second-order valence-electron chi connectivity index (χ2n) is 5.99. The Kier molecular flexibility index (Phi) is 11.5. The first-order chi connectivity index (χ1) is 13.6. The molecule has 0 fully saturated rings. The van der Waals surface area contributed by atoms with Crippen molar-refractivity contribution in [3.8, 4) is 11.8 Å². The van der Waals surface area contributed by atoms with E-state index in [9.17, 15) is 9.65 Å². The van der Waals surface area contributed by atoms with Gasteiger partial charge in [0.15, 0.2) is 5.96 Å². The SMILES string of the molecule is CCNC(=NCCCc1nn(-c2ccc(F)cc2)c(N)c1C#N)NCCSC.I. The standard InChI is InChI=1S/C19H26FN7S.HI/c1-3-23-19(25-11-12-28-2)24-10-4-5-17-16(13-21)18(22)27(26-17)15-8-6-14(20)7-9-15;/h6-9H,3-5,10-12,22H2,1-2H3,(H2,23,24,25);1H. The fourth-order valence-electron chi connectivity index (χ4n) is 2.60. The molecule has 7 nitrogen and oxygen atoms in total. The smallest absolute Gasteiger partial charge is 0.191 e. The summed E-state index contributed by atoms with van der Waals surface area (Å²) in [6.45, 7) is 4.27. The van der Waals surface area contributed by atoms with Crippen LogP contribution in [-0.4, -0.2) is 47.4 Å². The average molecular weight is 531 g/mol. The fourth-order valence-corrected chi connectivity index (χ4v) is 2.91. The Hall–Kier alpha value is -2.00. The minimum absolute atomic E-state index is 0. The van der Waals surface area contributed by atoms with E-state index >= 15 is 0 Å². The van der Waals surface area contributed by atoms with Gasteiger partial charge >= 0.3 is 0 Å². The number of nitrogens with two attached hydrogens (primary N) is 1. The quantitative estimate of drug-likeness (QED) is 0.199. The highest BCUT2D eigenvalue weighted by molar-refractivity contribution is 14.0. The molecule has 4 N–H and O–H groups in total. The van der Waals surface area contributed by atoms with Crippen molar-refractivity contribution in [3.05, 3.63) is 41.3 Å². The van der Waals surface area contributed by atoms with E-state index in [1.807, 2.05) is 6.92 Å². The van der Waals surface area contributed by atoms with Gasteiger partial charge in [-0.3, -0.25) is 4.99 Å². The summed E-state index contributed by atoms with van der Waals surface area (Å²) in [6.07, 6.45) is 3.37. The molecule has 10 heteroatoms. The highest BCUT2D eigenvalue weighted by Crippen LogP contribution is 2.21. The molecule has 1 aromatic carbocycles. The second-order valence-corrected chi connectivity index (χ2v) is 6.98. The number of aryl methyl sites for hydroxylation is 1. The predicted molar refractivity (Wildman–Crippen MR) is 129 cm³/mol. The van der Waals surface area contributed by atoms with Crippen LogP contribution in [0.15, 0.2) is 29.3 Å². The molecular formula is C19H27FIN7S. The summed E-state index contributed by atoms with van der Waals surface area (Å²) >= 11 is 1.77. The number of benzene rings is 1. The Balaban J connectivity index is 0.00000420. The van der Waals surface area contributed by atoms with Gasteiger partial charge in [0, 0.05) is 25.4 Å². The molecule has 1 aromatic heterocycles. The number of nitriles is 1. The average Bonchev–Trinajstić information content (AvgIpc) is 3.01. The Morgan fingerprint density at radius 2 is 2.07 bits per heavy atom. The van der Waals surface area contributed by atoms with Gasteiger partial charge in [0.05, 0.1) is 11.4 Å². The van der Waals surface area contributed by atoms with Crippen molar-refractivity contribution in [2.75, 3.05) is 37.4 Å². The summed E-state index contributed by atoms with van der Waals surface area (Å²) in [5.74, 6) is 1.72. The fraction of sp³-hybridized carbons (Fsp3) is 0.421. The van der Waals surface area contributed by atoms with Gasteiger partial charge < -0.3 is 16.4 Å². The van der Waals surface area contributed by atoms with Gasteiger partial charge in [-0.1, -0.05) is 0 Å². The van der Waals surface area contributed by atoms with Gasteiger partial charge in [-0.25, -0.2) is 9.07 Å². The number of hydrogen-bond donors (Lipinski definition) is 3. The maximum absolute atomic E-state index is 13.1. The molecule has 0 bridgehead atoms. The number of nitrogens with zero attached hydrogens (tertiary/aromatic N) is 4. The second kappa shape index (κ2) is 13.3. The van der Waals surface area contributed by atoms with Crippen LogP contribution in [0.2, 0.25) is 0 Å². The first kappa shape index (κ1) is 25.0. The van der Waals surface area contributed by atoms with Gasteiger partial charge in [0.1, 0.15) is 23.3 Å². The van der Waals surface area contributed by atoms with E-state index in [4.69, 9.17) is 5.73 Å². The summed E-state index contributed by atoms with van der Waals surface area (Å²) in [5.41, 5.74) is 7.68. The third kappa shape index (κ3) is 7.40.